The second-order valence-corrected chi connectivity index (χ2v) is 5.34. The van der Waals surface area contributed by atoms with Crippen LogP contribution in [-0.2, 0) is 12.5 Å². The first-order chi connectivity index (χ1) is 10.0. The van der Waals surface area contributed by atoms with Crippen LogP contribution in [0.2, 0.25) is 0 Å². The van der Waals surface area contributed by atoms with Crippen LogP contribution in [0, 0.1) is 15.9 Å². The van der Waals surface area contributed by atoms with Gasteiger partial charge in [0.05, 0.1) is 15.3 Å². The molecule has 0 aromatic heterocycles. The summed E-state index contributed by atoms with van der Waals surface area (Å²) in [4.78, 5) is 10.2. The van der Waals surface area contributed by atoms with Crippen LogP contribution in [0.15, 0.2) is 40.9 Å². The lowest BCUT2D eigenvalue weighted by Gasteiger charge is -2.10. The Bertz CT molecular complexity index is 681. The Morgan fingerprint density at radius 1 is 1.29 bits per heavy atom. The number of nitro groups is 1. The molecule has 2 aromatic rings. The van der Waals surface area contributed by atoms with Gasteiger partial charge in [0.2, 0.25) is 0 Å². The molecule has 0 fully saturated rings. The van der Waals surface area contributed by atoms with Crippen LogP contribution >= 0.6 is 27.5 Å². The topological polar surface area (TPSA) is 52.4 Å². The van der Waals surface area contributed by atoms with E-state index in [1.165, 1.54) is 24.3 Å². The number of benzene rings is 2. The molecule has 110 valence electrons. The fourth-order valence-electron chi connectivity index (χ4n) is 1.72. The molecule has 0 heterocycles. The number of nitrogens with zero attached hydrogens (tertiary/aromatic N) is 1. The summed E-state index contributed by atoms with van der Waals surface area (Å²) in [5.74, 6) is 0.219. The number of non-ortho nitro benzene ring substituents is 1. The van der Waals surface area contributed by atoms with Crippen LogP contribution in [0.3, 0.4) is 0 Å². The van der Waals surface area contributed by atoms with E-state index in [1.54, 1.807) is 12.1 Å². The number of rotatable bonds is 5. The predicted molar refractivity (Wildman–Crippen MR) is 81.1 cm³/mol. The van der Waals surface area contributed by atoms with Gasteiger partial charge in [-0.05, 0) is 39.7 Å². The van der Waals surface area contributed by atoms with Crippen LogP contribution in [0.1, 0.15) is 11.1 Å². The average Bonchev–Trinajstić information content (AvgIpc) is 2.48. The van der Waals surface area contributed by atoms with Crippen molar-refractivity contribution in [1.82, 2.24) is 0 Å². The van der Waals surface area contributed by atoms with E-state index in [1.807, 2.05) is 0 Å². The molecule has 2 rings (SSSR count). The van der Waals surface area contributed by atoms with Crippen molar-refractivity contribution >= 4 is 33.2 Å². The van der Waals surface area contributed by atoms with Crippen molar-refractivity contribution in [3.8, 4) is 5.75 Å². The first-order valence-electron chi connectivity index (χ1n) is 5.91. The Morgan fingerprint density at radius 3 is 2.67 bits per heavy atom. The lowest BCUT2D eigenvalue weighted by Crippen LogP contribution is -1.99. The van der Waals surface area contributed by atoms with Gasteiger partial charge in [-0.1, -0.05) is 6.07 Å². The SMILES string of the molecule is O=[N+]([O-])c1ccc(OCc2ccc(F)c(Br)c2)c(CCl)c1. The second-order valence-electron chi connectivity index (χ2n) is 4.22. The lowest BCUT2D eigenvalue weighted by molar-refractivity contribution is -0.384. The van der Waals surface area contributed by atoms with Gasteiger partial charge in [-0.15, -0.1) is 11.6 Å². The van der Waals surface area contributed by atoms with Crippen LogP contribution in [0.5, 0.6) is 5.75 Å². The molecule has 0 aliphatic rings. The van der Waals surface area contributed by atoms with E-state index in [0.29, 0.717) is 15.8 Å². The fraction of sp³-hybridized carbons (Fsp3) is 0.143. The van der Waals surface area contributed by atoms with Gasteiger partial charge >= 0.3 is 0 Å². The van der Waals surface area contributed by atoms with Crippen molar-refractivity contribution < 1.29 is 14.1 Å². The van der Waals surface area contributed by atoms with Crippen molar-refractivity contribution in [3.05, 3.63) is 67.9 Å². The zero-order valence-electron chi connectivity index (χ0n) is 10.7. The van der Waals surface area contributed by atoms with Gasteiger partial charge in [-0.2, -0.15) is 0 Å². The molecular formula is C14H10BrClFNO3. The van der Waals surface area contributed by atoms with Crippen molar-refractivity contribution in [2.45, 2.75) is 12.5 Å². The second kappa shape index (κ2) is 6.87. The number of hydrogen-bond donors (Lipinski definition) is 0. The molecule has 0 bridgehead atoms. The molecule has 21 heavy (non-hydrogen) atoms. The van der Waals surface area contributed by atoms with Crippen LogP contribution < -0.4 is 4.74 Å². The van der Waals surface area contributed by atoms with Gasteiger partial charge in [0.1, 0.15) is 18.2 Å². The normalized spacial score (nSPS) is 10.4. The Balaban J connectivity index is 2.15. The Hall–Kier alpha value is -1.66. The summed E-state index contributed by atoms with van der Waals surface area (Å²) in [7, 11) is 0. The van der Waals surface area contributed by atoms with E-state index in [4.69, 9.17) is 16.3 Å². The molecule has 0 aliphatic heterocycles. The fourth-order valence-corrected chi connectivity index (χ4v) is 2.35. The molecule has 4 nitrogen and oxygen atoms in total. The largest absolute Gasteiger partial charge is 0.489 e. The first-order valence-corrected chi connectivity index (χ1v) is 7.24. The van der Waals surface area contributed by atoms with Crippen molar-refractivity contribution in [1.29, 1.82) is 0 Å². The van der Waals surface area contributed by atoms with Crippen LogP contribution in [-0.4, -0.2) is 4.92 Å². The minimum Gasteiger partial charge on any atom is -0.489 e. The Kier molecular flexibility index (Phi) is 5.14. The van der Waals surface area contributed by atoms with Crippen molar-refractivity contribution in [2.75, 3.05) is 0 Å². The molecule has 0 unspecified atom stereocenters. The highest BCUT2D eigenvalue weighted by molar-refractivity contribution is 9.10. The maximum Gasteiger partial charge on any atom is 0.270 e. The zero-order chi connectivity index (χ0) is 15.4. The van der Waals surface area contributed by atoms with Gasteiger partial charge in [-0.3, -0.25) is 10.1 Å². The highest BCUT2D eigenvalue weighted by Crippen LogP contribution is 2.27. The standard InChI is InChI=1S/C14H10BrClFNO3/c15-12-5-9(1-3-13(12)17)8-21-14-4-2-11(18(19)20)6-10(14)7-16/h1-6H,7-8H2. The molecule has 2 aromatic carbocycles. The summed E-state index contributed by atoms with van der Waals surface area (Å²) < 4.78 is 19.1. The summed E-state index contributed by atoms with van der Waals surface area (Å²) in [6, 6.07) is 8.79. The van der Waals surface area contributed by atoms with Gasteiger partial charge in [-0.25, -0.2) is 4.39 Å². The van der Waals surface area contributed by atoms with Gasteiger partial charge < -0.3 is 4.74 Å². The van der Waals surface area contributed by atoms with E-state index in [0.717, 1.165) is 5.56 Å². The average molecular weight is 375 g/mol. The molecule has 0 saturated heterocycles. The minimum atomic E-state index is -0.489. The number of hydrogen-bond acceptors (Lipinski definition) is 3. The lowest BCUT2D eigenvalue weighted by atomic mass is 10.2. The number of halogens is 3. The maximum absolute atomic E-state index is 13.1. The molecule has 0 saturated carbocycles. The summed E-state index contributed by atoms with van der Waals surface area (Å²) in [6.45, 7) is 0.209. The quantitative estimate of drug-likeness (QED) is 0.428. The molecule has 0 aliphatic carbocycles. The molecule has 0 spiro atoms. The predicted octanol–water partition coefficient (Wildman–Crippen LogP) is 4.81. The van der Waals surface area contributed by atoms with Gasteiger partial charge in [0.15, 0.2) is 0 Å². The molecule has 0 radical (unpaired) electrons. The molecule has 0 atom stereocenters. The maximum atomic E-state index is 13.1. The van der Waals surface area contributed by atoms with E-state index in [2.05, 4.69) is 15.9 Å². The third kappa shape index (κ3) is 3.92. The zero-order valence-corrected chi connectivity index (χ0v) is 13.0. The number of nitro benzene ring substituents is 1. The highest BCUT2D eigenvalue weighted by atomic mass is 79.9. The summed E-state index contributed by atoms with van der Waals surface area (Å²) in [6.07, 6.45) is 0. The van der Waals surface area contributed by atoms with Gasteiger partial charge in [0.25, 0.3) is 5.69 Å². The van der Waals surface area contributed by atoms with E-state index in [-0.39, 0.29) is 24.0 Å². The summed E-state index contributed by atoms with van der Waals surface area (Å²) in [5.41, 5.74) is 1.26. The number of ether oxygens (including phenoxy) is 1. The van der Waals surface area contributed by atoms with E-state index in [9.17, 15) is 14.5 Å². The monoisotopic (exact) mass is 373 g/mol. The molecule has 7 heteroatoms. The summed E-state index contributed by atoms with van der Waals surface area (Å²) >= 11 is 8.88. The van der Waals surface area contributed by atoms with E-state index >= 15 is 0 Å². The first kappa shape index (κ1) is 15.7. The molecular weight excluding hydrogens is 365 g/mol. The van der Waals surface area contributed by atoms with Crippen LogP contribution in [0.25, 0.3) is 0 Å². The smallest absolute Gasteiger partial charge is 0.270 e. The third-order valence-electron chi connectivity index (χ3n) is 2.78. The summed E-state index contributed by atoms with van der Waals surface area (Å²) in [5, 5.41) is 10.7. The molecule has 0 N–H and O–H groups in total. The Morgan fingerprint density at radius 2 is 2.05 bits per heavy atom. The minimum absolute atomic E-state index is 0.0393. The Labute approximate surface area is 133 Å². The van der Waals surface area contributed by atoms with Gasteiger partial charge in [0, 0.05) is 17.7 Å². The highest BCUT2D eigenvalue weighted by Gasteiger charge is 2.11. The van der Waals surface area contributed by atoms with E-state index < -0.39 is 4.92 Å². The third-order valence-corrected chi connectivity index (χ3v) is 3.67. The van der Waals surface area contributed by atoms with Crippen molar-refractivity contribution in [3.63, 3.8) is 0 Å². The number of alkyl halides is 1. The van der Waals surface area contributed by atoms with Crippen molar-refractivity contribution in [2.24, 2.45) is 0 Å². The van der Waals surface area contributed by atoms with Crippen LogP contribution in [0.4, 0.5) is 10.1 Å². The molecule has 0 amide bonds.